The zero-order valence-corrected chi connectivity index (χ0v) is 16.6. The van der Waals surface area contributed by atoms with Gasteiger partial charge in [-0.2, -0.15) is 0 Å². The van der Waals surface area contributed by atoms with Gasteiger partial charge in [-0.3, -0.25) is 4.98 Å². The van der Waals surface area contributed by atoms with Crippen LogP contribution in [-0.2, 0) is 0 Å². The second-order valence-electron chi connectivity index (χ2n) is 6.96. The number of rotatable bonds is 6. The van der Waals surface area contributed by atoms with Crippen molar-refractivity contribution in [2.75, 3.05) is 6.54 Å². The summed E-state index contributed by atoms with van der Waals surface area (Å²) in [5.41, 5.74) is 2.80. The smallest absolute Gasteiger partial charge is 0.170 e. The number of halogens is 1. The van der Waals surface area contributed by atoms with E-state index in [2.05, 4.69) is 28.2 Å². The van der Waals surface area contributed by atoms with Gasteiger partial charge in [0.05, 0.1) is 17.8 Å². The highest BCUT2D eigenvalue weighted by atomic mass is 32.1. The van der Waals surface area contributed by atoms with Crippen LogP contribution in [0.25, 0.3) is 5.69 Å². The van der Waals surface area contributed by atoms with Gasteiger partial charge in [-0.1, -0.05) is 25.5 Å². The van der Waals surface area contributed by atoms with E-state index in [4.69, 9.17) is 12.2 Å². The summed E-state index contributed by atoms with van der Waals surface area (Å²) in [7, 11) is 0. The molecule has 4 rings (SSSR count). The lowest BCUT2D eigenvalue weighted by Gasteiger charge is -2.29. The number of pyridine rings is 1. The zero-order chi connectivity index (χ0) is 19.5. The lowest BCUT2D eigenvalue weighted by molar-refractivity contribution is 0.304. The van der Waals surface area contributed by atoms with Crippen LogP contribution in [-0.4, -0.2) is 26.1 Å². The van der Waals surface area contributed by atoms with E-state index < -0.39 is 0 Å². The molecule has 1 N–H and O–H groups in total. The van der Waals surface area contributed by atoms with Crippen molar-refractivity contribution in [1.82, 2.24) is 19.8 Å². The number of hydrogen-bond acceptors (Lipinski definition) is 2. The molecule has 0 bridgehead atoms. The molecule has 0 aliphatic carbocycles. The monoisotopic (exact) mass is 394 g/mol. The maximum Gasteiger partial charge on any atom is 0.170 e. The van der Waals surface area contributed by atoms with Crippen LogP contribution in [0.2, 0.25) is 0 Å². The van der Waals surface area contributed by atoms with Crippen LogP contribution in [0, 0.1) is 5.82 Å². The minimum atomic E-state index is -0.249. The van der Waals surface area contributed by atoms with E-state index in [-0.39, 0.29) is 17.9 Å². The molecule has 3 aromatic rings. The number of nitrogens with one attached hydrogen (secondary N) is 1. The van der Waals surface area contributed by atoms with Gasteiger partial charge in [0, 0.05) is 30.3 Å². The maximum absolute atomic E-state index is 13.8. The predicted molar refractivity (Wildman–Crippen MR) is 113 cm³/mol. The molecule has 2 aromatic heterocycles. The molecule has 2 atom stereocenters. The van der Waals surface area contributed by atoms with Crippen molar-refractivity contribution in [3.8, 4) is 5.69 Å². The minimum Gasteiger partial charge on any atom is -0.352 e. The Kier molecular flexibility index (Phi) is 5.39. The summed E-state index contributed by atoms with van der Waals surface area (Å²) in [6, 6.07) is 16.6. The van der Waals surface area contributed by atoms with Crippen LogP contribution in [0.15, 0.2) is 67.0 Å². The summed E-state index contributed by atoms with van der Waals surface area (Å²) in [4.78, 5) is 6.81. The lowest BCUT2D eigenvalue weighted by Crippen LogP contribution is -2.31. The molecule has 1 aliphatic rings. The number of hydrogen-bond donors (Lipinski definition) is 1. The molecule has 144 valence electrons. The summed E-state index contributed by atoms with van der Waals surface area (Å²) in [6.45, 7) is 3.04. The molecule has 0 amide bonds. The zero-order valence-electron chi connectivity index (χ0n) is 15.8. The van der Waals surface area contributed by atoms with Crippen molar-refractivity contribution in [2.24, 2.45) is 0 Å². The van der Waals surface area contributed by atoms with Gasteiger partial charge >= 0.3 is 0 Å². The third kappa shape index (κ3) is 3.52. The Labute approximate surface area is 170 Å². The fourth-order valence-corrected chi connectivity index (χ4v) is 4.12. The second kappa shape index (κ2) is 8.10. The van der Waals surface area contributed by atoms with Gasteiger partial charge in [0.25, 0.3) is 0 Å². The first-order chi connectivity index (χ1) is 13.7. The summed E-state index contributed by atoms with van der Waals surface area (Å²) in [5, 5.41) is 4.20. The first kappa shape index (κ1) is 18.6. The molecule has 1 saturated heterocycles. The van der Waals surface area contributed by atoms with E-state index in [0.29, 0.717) is 0 Å². The number of unbranched alkanes of at least 4 members (excludes halogenated alkanes) is 1. The Morgan fingerprint density at radius 2 is 2.04 bits per heavy atom. The van der Waals surface area contributed by atoms with Crippen LogP contribution >= 0.6 is 12.2 Å². The maximum atomic E-state index is 13.8. The number of nitrogens with zero attached hydrogens (tertiary/aromatic N) is 3. The van der Waals surface area contributed by atoms with E-state index in [1.54, 1.807) is 18.3 Å². The SMILES string of the molecule is CCCCN1C(=S)N[C@@H](c2ccccn2)[C@H]1c1cccn1-c1cccc(F)c1. The van der Waals surface area contributed by atoms with Gasteiger partial charge in [0.15, 0.2) is 5.11 Å². The largest absolute Gasteiger partial charge is 0.352 e. The number of aromatic nitrogens is 2. The van der Waals surface area contributed by atoms with Gasteiger partial charge < -0.3 is 14.8 Å². The van der Waals surface area contributed by atoms with Crippen LogP contribution in [0.3, 0.4) is 0 Å². The van der Waals surface area contributed by atoms with Crippen LogP contribution in [0.5, 0.6) is 0 Å². The molecule has 0 unspecified atom stereocenters. The Balaban J connectivity index is 1.79. The van der Waals surface area contributed by atoms with Crippen LogP contribution < -0.4 is 5.32 Å². The van der Waals surface area contributed by atoms with Crippen molar-refractivity contribution in [2.45, 2.75) is 31.8 Å². The highest BCUT2D eigenvalue weighted by Crippen LogP contribution is 2.39. The Morgan fingerprint density at radius 1 is 1.14 bits per heavy atom. The van der Waals surface area contributed by atoms with Gasteiger partial charge in [-0.15, -0.1) is 0 Å². The lowest BCUT2D eigenvalue weighted by atomic mass is 10.0. The molecule has 0 spiro atoms. The third-order valence-electron chi connectivity index (χ3n) is 5.12. The minimum absolute atomic E-state index is 0.0211. The average Bonchev–Trinajstić information content (AvgIpc) is 3.31. The van der Waals surface area contributed by atoms with E-state index >= 15 is 0 Å². The van der Waals surface area contributed by atoms with Gasteiger partial charge in [-0.25, -0.2) is 4.39 Å². The van der Waals surface area contributed by atoms with Gasteiger partial charge in [0.1, 0.15) is 5.82 Å². The Morgan fingerprint density at radius 3 is 2.79 bits per heavy atom. The highest BCUT2D eigenvalue weighted by Gasteiger charge is 2.40. The fourth-order valence-electron chi connectivity index (χ4n) is 3.79. The van der Waals surface area contributed by atoms with Crippen molar-refractivity contribution >= 4 is 17.3 Å². The summed E-state index contributed by atoms with van der Waals surface area (Å²) >= 11 is 5.68. The topological polar surface area (TPSA) is 33.1 Å². The normalized spacial score (nSPS) is 19.1. The van der Waals surface area contributed by atoms with Crippen LogP contribution in [0.4, 0.5) is 4.39 Å². The van der Waals surface area contributed by atoms with Crippen molar-refractivity contribution in [3.05, 3.63) is 84.2 Å². The predicted octanol–water partition coefficient (Wildman–Crippen LogP) is 4.78. The Bertz CT molecular complexity index is 956. The molecule has 28 heavy (non-hydrogen) atoms. The molecule has 3 heterocycles. The molecule has 4 nitrogen and oxygen atoms in total. The first-order valence-electron chi connectivity index (χ1n) is 9.60. The number of thiocarbonyl (C=S) groups is 1. The van der Waals surface area contributed by atoms with Crippen molar-refractivity contribution < 1.29 is 4.39 Å². The molecule has 0 radical (unpaired) electrons. The molecule has 1 aliphatic heterocycles. The first-order valence-corrected chi connectivity index (χ1v) is 10.0. The van der Waals surface area contributed by atoms with E-state index in [0.717, 1.165) is 41.6 Å². The Hall–Kier alpha value is -2.73. The van der Waals surface area contributed by atoms with E-state index in [1.165, 1.54) is 6.07 Å². The average molecular weight is 395 g/mol. The second-order valence-corrected chi connectivity index (χ2v) is 7.34. The van der Waals surface area contributed by atoms with E-state index in [9.17, 15) is 4.39 Å². The molecule has 1 aromatic carbocycles. The third-order valence-corrected chi connectivity index (χ3v) is 5.47. The van der Waals surface area contributed by atoms with E-state index in [1.807, 2.05) is 41.1 Å². The standard InChI is InChI=1S/C22H23FN4S/c1-2-3-13-27-21(20(25-22(27)28)18-10-4-5-12-24-18)19-11-7-14-26(19)17-9-6-8-16(23)15-17/h4-12,14-15,20-21H,2-3,13H2,1H3,(H,25,28)/t20-,21+/m0/s1. The summed E-state index contributed by atoms with van der Waals surface area (Å²) in [5.74, 6) is -0.249. The molecular formula is C22H23FN4S. The number of benzene rings is 1. The quantitative estimate of drug-likeness (QED) is 0.610. The highest BCUT2D eigenvalue weighted by molar-refractivity contribution is 7.80. The molecule has 0 saturated carbocycles. The summed E-state index contributed by atoms with van der Waals surface area (Å²) in [6.07, 6.45) is 5.91. The molecular weight excluding hydrogens is 371 g/mol. The van der Waals surface area contributed by atoms with Gasteiger partial charge in [-0.05, 0) is 61.1 Å². The molecule has 1 fully saturated rings. The van der Waals surface area contributed by atoms with Crippen molar-refractivity contribution in [3.63, 3.8) is 0 Å². The summed E-state index contributed by atoms with van der Waals surface area (Å²) < 4.78 is 15.9. The fraction of sp³-hybridized carbons (Fsp3) is 0.273. The van der Waals surface area contributed by atoms with Crippen LogP contribution in [0.1, 0.15) is 43.2 Å². The van der Waals surface area contributed by atoms with Gasteiger partial charge in [0.2, 0.25) is 0 Å². The van der Waals surface area contributed by atoms with Crippen molar-refractivity contribution in [1.29, 1.82) is 0 Å². The molecule has 6 heteroatoms.